The van der Waals surface area contributed by atoms with E-state index in [2.05, 4.69) is 4.74 Å². The largest absolute Gasteiger partial charge is 0.472 e. The molecule has 0 amide bonds. The first-order valence-corrected chi connectivity index (χ1v) is 4.77. The van der Waals surface area contributed by atoms with Crippen LogP contribution in [-0.2, 0) is 19.1 Å². The number of ether oxygens (including phenoxy) is 2. The molecule has 1 saturated carbocycles. The summed E-state index contributed by atoms with van der Waals surface area (Å²) in [4.78, 5) is 22.6. The van der Waals surface area contributed by atoms with Gasteiger partial charge in [-0.2, -0.15) is 0 Å². The lowest BCUT2D eigenvalue weighted by Gasteiger charge is -2.28. The second-order valence-electron chi connectivity index (χ2n) is 3.81. The minimum Gasteiger partial charge on any atom is -0.472 e. The first-order valence-electron chi connectivity index (χ1n) is 4.77. The lowest BCUT2D eigenvalue weighted by molar-refractivity contribution is -0.142. The molecule has 0 spiro atoms. The van der Waals surface area contributed by atoms with Gasteiger partial charge in [-0.1, -0.05) is 0 Å². The number of ketones is 1. The van der Waals surface area contributed by atoms with Gasteiger partial charge in [-0.05, 0) is 0 Å². The number of carbonyl (C=O) groups is 2. The van der Waals surface area contributed by atoms with E-state index >= 15 is 0 Å². The van der Waals surface area contributed by atoms with Gasteiger partial charge in [-0.25, -0.2) is 4.79 Å². The molecule has 0 aromatic carbocycles. The highest BCUT2D eigenvalue weighted by molar-refractivity contribution is 5.92. The van der Waals surface area contributed by atoms with Gasteiger partial charge in [0.25, 0.3) is 0 Å². The van der Waals surface area contributed by atoms with Crippen molar-refractivity contribution in [2.75, 3.05) is 7.11 Å². The van der Waals surface area contributed by atoms with Crippen molar-refractivity contribution in [2.24, 2.45) is 11.8 Å². The first kappa shape index (κ1) is 10.2. The molecule has 0 aromatic rings. The van der Waals surface area contributed by atoms with Gasteiger partial charge in [-0.3, -0.25) is 4.79 Å². The van der Waals surface area contributed by atoms with Crippen molar-refractivity contribution >= 4 is 11.8 Å². The average molecular weight is 212 g/mol. The topological polar surface area (TPSA) is 72.8 Å². The number of aliphatic hydroxyl groups is 1. The summed E-state index contributed by atoms with van der Waals surface area (Å²) in [7, 11) is 1.28. The summed E-state index contributed by atoms with van der Waals surface area (Å²) in [6.07, 6.45) is 0.762. The van der Waals surface area contributed by atoms with Crippen LogP contribution < -0.4 is 0 Å². The predicted octanol–water partition coefficient (Wildman–Crippen LogP) is -0.0128. The highest BCUT2D eigenvalue weighted by Gasteiger charge is 2.45. The summed E-state index contributed by atoms with van der Waals surface area (Å²) in [5.74, 6) is -1.01. The summed E-state index contributed by atoms with van der Waals surface area (Å²) in [5, 5.41) is 9.50. The van der Waals surface area contributed by atoms with Crippen LogP contribution in [0, 0.1) is 11.8 Å². The van der Waals surface area contributed by atoms with Gasteiger partial charge in [0.2, 0.25) is 0 Å². The Morgan fingerprint density at radius 3 is 3.00 bits per heavy atom. The zero-order valence-corrected chi connectivity index (χ0v) is 8.30. The quantitative estimate of drug-likeness (QED) is 0.619. The van der Waals surface area contributed by atoms with Gasteiger partial charge in [0.05, 0.1) is 18.9 Å². The molecular formula is C10H12O5. The van der Waals surface area contributed by atoms with Gasteiger partial charge in [0.1, 0.15) is 5.78 Å². The van der Waals surface area contributed by atoms with Crippen LogP contribution in [0.2, 0.25) is 0 Å². The zero-order valence-electron chi connectivity index (χ0n) is 8.30. The molecule has 5 nitrogen and oxygen atoms in total. The molecule has 2 aliphatic rings. The smallest absolute Gasteiger partial charge is 0.337 e. The lowest BCUT2D eigenvalue weighted by atomic mass is 9.87. The van der Waals surface area contributed by atoms with Gasteiger partial charge in [0, 0.05) is 24.7 Å². The highest BCUT2D eigenvalue weighted by Crippen LogP contribution is 2.40. The van der Waals surface area contributed by atoms with Gasteiger partial charge in [0.15, 0.2) is 6.29 Å². The standard InChI is InChI=1S/C10H12O5/c1-14-9(12)8-4-15-10(13)7-3-5(11)2-6(7)8/h4,6-7,10,13H,2-3H2,1H3/t6-,7+,10+/m0/s1. The molecule has 15 heavy (non-hydrogen) atoms. The number of esters is 1. The van der Waals surface area contributed by atoms with Gasteiger partial charge < -0.3 is 14.6 Å². The Kier molecular flexibility index (Phi) is 2.48. The molecule has 1 fully saturated rings. The molecule has 5 heteroatoms. The summed E-state index contributed by atoms with van der Waals surface area (Å²) < 4.78 is 9.50. The Hall–Kier alpha value is -1.36. The Labute approximate surface area is 86.7 Å². The van der Waals surface area contributed by atoms with Crippen LogP contribution in [0.4, 0.5) is 0 Å². The molecule has 1 heterocycles. The van der Waals surface area contributed by atoms with Gasteiger partial charge in [-0.15, -0.1) is 0 Å². The summed E-state index contributed by atoms with van der Waals surface area (Å²) in [5.41, 5.74) is 0.346. The van der Waals surface area contributed by atoms with E-state index in [1.165, 1.54) is 13.4 Å². The molecule has 0 unspecified atom stereocenters. The molecule has 0 aromatic heterocycles. The summed E-state index contributed by atoms with van der Waals surface area (Å²) >= 11 is 0. The minimum atomic E-state index is -0.991. The monoisotopic (exact) mass is 212 g/mol. The molecule has 3 atom stereocenters. The third-order valence-electron chi connectivity index (χ3n) is 2.95. The molecule has 1 aliphatic heterocycles. The van der Waals surface area contributed by atoms with Crippen LogP contribution in [0.1, 0.15) is 12.8 Å². The lowest BCUT2D eigenvalue weighted by Crippen LogP contribution is -2.33. The van der Waals surface area contributed by atoms with Crippen LogP contribution in [0.25, 0.3) is 0 Å². The van der Waals surface area contributed by atoms with E-state index in [0.29, 0.717) is 5.57 Å². The van der Waals surface area contributed by atoms with Gasteiger partial charge >= 0.3 is 5.97 Å². The van der Waals surface area contributed by atoms with Crippen LogP contribution in [0.5, 0.6) is 0 Å². The maximum Gasteiger partial charge on any atom is 0.337 e. The number of aliphatic hydroxyl groups excluding tert-OH is 1. The van der Waals surface area contributed by atoms with E-state index in [4.69, 9.17) is 4.74 Å². The molecule has 1 aliphatic carbocycles. The molecule has 2 rings (SSSR count). The molecule has 0 radical (unpaired) electrons. The third-order valence-corrected chi connectivity index (χ3v) is 2.95. The SMILES string of the molecule is COC(=O)C1=CO[C@@H](O)[C@@H]2CC(=O)C[C@H]12. The predicted molar refractivity (Wildman–Crippen MR) is 48.4 cm³/mol. The molecule has 1 N–H and O–H groups in total. The second-order valence-corrected chi connectivity index (χ2v) is 3.81. The summed E-state index contributed by atoms with van der Waals surface area (Å²) in [6.45, 7) is 0. The van der Waals surface area contributed by atoms with Crippen molar-refractivity contribution in [1.82, 2.24) is 0 Å². The van der Waals surface area contributed by atoms with Crippen molar-refractivity contribution in [3.63, 3.8) is 0 Å². The maximum atomic E-state index is 11.4. The number of rotatable bonds is 1. The zero-order chi connectivity index (χ0) is 11.0. The Morgan fingerprint density at radius 2 is 2.33 bits per heavy atom. The van der Waals surface area contributed by atoms with E-state index in [1.807, 2.05) is 0 Å². The van der Waals surface area contributed by atoms with E-state index in [1.54, 1.807) is 0 Å². The van der Waals surface area contributed by atoms with Crippen molar-refractivity contribution in [2.45, 2.75) is 19.1 Å². The summed E-state index contributed by atoms with van der Waals surface area (Å²) in [6, 6.07) is 0. The number of Topliss-reactive ketones (excluding diaryl/α,β-unsaturated/α-hetero) is 1. The Morgan fingerprint density at radius 1 is 1.60 bits per heavy atom. The van der Waals surface area contributed by atoms with E-state index in [-0.39, 0.29) is 30.5 Å². The third kappa shape index (κ3) is 1.63. The minimum absolute atomic E-state index is 0.0457. The van der Waals surface area contributed by atoms with Crippen molar-refractivity contribution in [1.29, 1.82) is 0 Å². The fourth-order valence-electron chi connectivity index (χ4n) is 2.17. The van der Waals surface area contributed by atoms with Crippen molar-refractivity contribution in [3.8, 4) is 0 Å². The number of methoxy groups -OCH3 is 1. The number of carbonyl (C=O) groups excluding carboxylic acids is 2. The Bertz CT molecular complexity index is 333. The molecule has 82 valence electrons. The normalized spacial score (nSPS) is 34.1. The fraction of sp³-hybridized carbons (Fsp3) is 0.600. The van der Waals surface area contributed by atoms with Crippen molar-refractivity contribution in [3.05, 3.63) is 11.8 Å². The number of fused-ring (bicyclic) bond motifs is 1. The molecular weight excluding hydrogens is 200 g/mol. The molecule has 0 bridgehead atoms. The second kappa shape index (κ2) is 3.66. The van der Waals surface area contributed by atoms with E-state index < -0.39 is 12.3 Å². The van der Waals surface area contributed by atoms with Crippen LogP contribution in [0.3, 0.4) is 0 Å². The average Bonchev–Trinajstić information content (AvgIpc) is 2.60. The van der Waals surface area contributed by atoms with Crippen molar-refractivity contribution < 1.29 is 24.2 Å². The highest BCUT2D eigenvalue weighted by atomic mass is 16.6. The molecule has 0 saturated heterocycles. The van der Waals surface area contributed by atoms with E-state index in [9.17, 15) is 14.7 Å². The Balaban J connectivity index is 2.26. The van der Waals surface area contributed by atoms with E-state index in [0.717, 1.165) is 0 Å². The number of hydrogen-bond acceptors (Lipinski definition) is 5. The van der Waals surface area contributed by atoms with Crippen LogP contribution in [0.15, 0.2) is 11.8 Å². The van der Waals surface area contributed by atoms with Crippen LogP contribution in [-0.4, -0.2) is 30.3 Å². The maximum absolute atomic E-state index is 11.4. The first-order chi connectivity index (χ1) is 7.13. The van der Waals surface area contributed by atoms with Crippen LogP contribution >= 0.6 is 0 Å². The fourth-order valence-corrected chi connectivity index (χ4v) is 2.17. The number of hydrogen-bond donors (Lipinski definition) is 1.